The van der Waals surface area contributed by atoms with Gasteiger partial charge in [-0.15, -0.1) is 0 Å². The van der Waals surface area contributed by atoms with Crippen molar-refractivity contribution < 1.29 is 9.90 Å². The number of hydrogen-bond donors (Lipinski definition) is 2. The summed E-state index contributed by atoms with van der Waals surface area (Å²) in [5.74, 6) is -0.280. The SMILES string of the molecule is O=C(NCCCCO)c1cnc(Cl)cn1. The Morgan fingerprint density at radius 1 is 1.40 bits per heavy atom. The normalized spacial score (nSPS) is 10.0. The van der Waals surface area contributed by atoms with Gasteiger partial charge in [-0.3, -0.25) is 4.79 Å². The molecule has 0 fully saturated rings. The first-order valence-corrected chi connectivity index (χ1v) is 4.98. The number of halogens is 1. The van der Waals surface area contributed by atoms with Gasteiger partial charge in [0.15, 0.2) is 0 Å². The summed E-state index contributed by atoms with van der Waals surface area (Å²) >= 11 is 5.53. The molecule has 0 radical (unpaired) electrons. The molecule has 5 nitrogen and oxygen atoms in total. The van der Waals surface area contributed by atoms with Crippen molar-refractivity contribution in [2.24, 2.45) is 0 Å². The van der Waals surface area contributed by atoms with E-state index in [-0.39, 0.29) is 23.4 Å². The second-order valence-electron chi connectivity index (χ2n) is 2.91. The maximum absolute atomic E-state index is 11.4. The monoisotopic (exact) mass is 229 g/mol. The largest absolute Gasteiger partial charge is 0.396 e. The van der Waals surface area contributed by atoms with Gasteiger partial charge in [-0.05, 0) is 12.8 Å². The Balaban J connectivity index is 2.37. The summed E-state index contributed by atoms with van der Waals surface area (Å²) in [6.07, 6.45) is 4.06. The van der Waals surface area contributed by atoms with E-state index in [4.69, 9.17) is 16.7 Å². The molecule has 0 saturated heterocycles. The van der Waals surface area contributed by atoms with Crippen molar-refractivity contribution in [2.75, 3.05) is 13.2 Å². The second-order valence-corrected chi connectivity index (χ2v) is 3.30. The highest BCUT2D eigenvalue weighted by atomic mass is 35.5. The number of rotatable bonds is 5. The molecule has 15 heavy (non-hydrogen) atoms. The van der Waals surface area contributed by atoms with Crippen molar-refractivity contribution in [3.8, 4) is 0 Å². The van der Waals surface area contributed by atoms with E-state index in [0.717, 1.165) is 6.42 Å². The van der Waals surface area contributed by atoms with Crippen LogP contribution in [0.3, 0.4) is 0 Å². The number of aliphatic hydroxyl groups excluding tert-OH is 1. The number of hydrogen-bond acceptors (Lipinski definition) is 4. The molecule has 0 aliphatic heterocycles. The fourth-order valence-corrected chi connectivity index (χ4v) is 1.06. The van der Waals surface area contributed by atoms with Gasteiger partial charge in [0.05, 0.1) is 12.4 Å². The van der Waals surface area contributed by atoms with E-state index in [1.807, 2.05) is 0 Å². The molecule has 1 aromatic rings. The molecule has 1 aromatic heterocycles. The molecule has 0 unspecified atom stereocenters. The Hall–Kier alpha value is -1.20. The van der Waals surface area contributed by atoms with Gasteiger partial charge in [0, 0.05) is 13.2 Å². The van der Waals surface area contributed by atoms with Gasteiger partial charge < -0.3 is 10.4 Å². The van der Waals surface area contributed by atoms with E-state index in [9.17, 15) is 4.79 Å². The van der Waals surface area contributed by atoms with Crippen LogP contribution in [0.1, 0.15) is 23.3 Å². The van der Waals surface area contributed by atoms with Gasteiger partial charge in [-0.2, -0.15) is 0 Å². The third-order valence-electron chi connectivity index (χ3n) is 1.72. The molecule has 0 saturated carbocycles. The smallest absolute Gasteiger partial charge is 0.271 e. The lowest BCUT2D eigenvalue weighted by atomic mass is 10.3. The fraction of sp³-hybridized carbons (Fsp3) is 0.444. The van der Waals surface area contributed by atoms with Crippen LogP contribution in [0.2, 0.25) is 5.15 Å². The highest BCUT2D eigenvalue weighted by Crippen LogP contribution is 2.00. The van der Waals surface area contributed by atoms with Gasteiger partial charge in [-0.25, -0.2) is 9.97 Å². The zero-order chi connectivity index (χ0) is 11.1. The quantitative estimate of drug-likeness (QED) is 0.727. The molecule has 1 rings (SSSR count). The molecular formula is C9H12ClN3O2. The van der Waals surface area contributed by atoms with Crippen LogP contribution in [0.25, 0.3) is 0 Å². The molecule has 6 heteroatoms. The number of unbranched alkanes of at least 4 members (excludes halogenated alkanes) is 1. The number of aliphatic hydroxyl groups is 1. The maximum atomic E-state index is 11.4. The number of carbonyl (C=O) groups excluding carboxylic acids is 1. The third-order valence-corrected chi connectivity index (χ3v) is 1.92. The number of amides is 1. The summed E-state index contributed by atoms with van der Waals surface area (Å²) in [7, 11) is 0. The second kappa shape index (κ2) is 6.31. The van der Waals surface area contributed by atoms with Crippen molar-refractivity contribution in [1.82, 2.24) is 15.3 Å². The van der Waals surface area contributed by atoms with Gasteiger partial charge in [0.25, 0.3) is 5.91 Å². The minimum Gasteiger partial charge on any atom is -0.396 e. The zero-order valence-corrected chi connectivity index (χ0v) is 8.87. The van der Waals surface area contributed by atoms with E-state index in [0.29, 0.717) is 13.0 Å². The standard InChI is InChI=1S/C9H12ClN3O2/c10-8-6-12-7(5-13-8)9(15)11-3-1-2-4-14/h5-6,14H,1-4H2,(H,11,15). The fourth-order valence-electron chi connectivity index (χ4n) is 0.959. The van der Waals surface area contributed by atoms with E-state index < -0.39 is 0 Å². The highest BCUT2D eigenvalue weighted by Gasteiger charge is 2.06. The first kappa shape index (κ1) is 11.9. The Morgan fingerprint density at radius 2 is 2.20 bits per heavy atom. The summed E-state index contributed by atoms with van der Waals surface area (Å²) in [5.41, 5.74) is 0.239. The third kappa shape index (κ3) is 4.22. The molecule has 0 aliphatic rings. The van der Waals surface area contributed by atoms with E-state index in [1.54, 1.807) is 0 Å². The lowest BCUT2D eigenvalue weighted by Gasteiger charge is -2.02. The van der Waals surface area contributed by atoms with Crippen molar-refractivity contribution in [1.29, 1.82) is 0 Å². The zero-order valence-electron chi connectivity index (χ0n) is 8.11. The molecule has 0 bridgehead atoms. The Kier molecular flexibility index (Phi) is 5.00. The molecule has 1 amide bonds. The van der Waals surface area contributed by atoms with Crippen molar-refractivity contribution >= 4 is 17.5 Å². The van der Waals surface area contributed by atoms with Crippen LogP contribution in [-0.2, 0) is 0 Å². The van der Waals surface area contributed by atoms with Gasteiger partial charge in [-0.1, -0.05) is 11.6 Å². The van der Waals surface area contributed by atoms with Crippen molar-refractivity contribution in [3.63, 3.8) is 0 Å². The first-order chi connectivity index (χ1) is 7.24. The number of aromatic nitrogens is 2. The minimum atomic E-state index is -0.280. The average Bonchev–Trinajstić information content (AvgIpc) is 2.25. The van der Waals surface area contributed by atoms with E-state index >= 15 is 0 Å². The molecule has 0 atom stereocenters. The highest BCUT2D eigenvalue weighted by molar-refractivity contribution is 6.29. The van der Waals surface area contributed by atoms with Gasteiger partial charge in [0.1, 0.15) is 10.8 Å². The lowest BCUT2D eigenvalue weighted by Crippen LogP contribution is -2.25. The van der Waals surface area contributed by atoms with Crippen LogP contribution in [0, 0.1) is 0 Å². The molecule has 0 aromatic carbocycles. The summed E-state index contributed by atoms with van der Waals surface area (Å²) < 4.78 is 0. The summed E-state index contributed by atoms with van der Waals surface area (Å²) in [5, 5.41) is 11.4. The van der Waals surface area contributed by atoms with Crippen LogP contribution >= 0.6 is 11.6 Å². The lowest BCUT2D eigenvalue weighted by molar-refractivity contribution is 0.0946. The number of nitrogens with zero attached hydrogens (tertiary/aromatic N) is 2. The summed E-state index contributed by atoms with van der Waals surface area (Å²) in [6, 6.07) is 0. The number of carbonyl (C=O) groups is 1. The first-order valence-electron chi connectivity index (χ1n) is 4.60. The molecule has 82 valence electrons. The Bertz CT molecular complexity index is 316. The predicted molar refractivity (Wildman–Crippen MR) is 55.7 cm³/mol. The molecule has 1 heterocycles. The minimum absolute atomic E-state index is 0.136. The average molecular weight is 230 g/mol. The molecule has 0 aliphatic carbocycles. The maximum Gasteiger partial charge on any atom is 0.271 e. The van der Waals surface area contributed by atoms with Crippen molar-refractivity contribution in [3.05, 3.63) is 23.2 Å². The molecule has 2 N–H and O–H groups in total. The summed E-state index contributed by atoms with van der Waals surface area (Å²) in [4.78, 5) is 19.0. The van der Waals surface area contributed by atoms with Gasteiger partial charge in [0.2, 0.25) is 0 Å². The van der Waals surface area contributed by atoms with Crippen LogP contribution in [0.4, 0.5) is 0 Å². The molecular weight excluding hydrogens is 218 g/mol. The van der Waals surface area contributed by atoms with Crippen LogP contribution in [-0.4, -0.2) is 34.1 Å². The molecule has 0 spiro atoms. The Labute approximate surface area is 92.5 Å². The predicted octanol–water partition coefficient (Wildman–Crippen LogP) is 0.632. The van der Waals surface area contributed by atoms with Gasteiger partial charge >= 0.3 is 0 Å². The van der Waals surface area contributed by atoms with Crippen LogP contribution < -0.4 is 5.32 Å². The summed E-state index contributed by atoms with van der Waals surface area (Å²) in [6.45, 7) is 0.653. The van der Waals surface area contributed by atoms with Crippen LogP contribution in [0.15, 0.2) is 12.4 Å². The van der Waals surface area contributed by atoms with Crippen LogP contribution in [0.5, 0.6) is 0 Å². The number of nitrogens with one attached hydrogen (secondary N) is 1. The topological polar surface area (TPSA) is 75.1 Å². The Morgan fingerprint density at radius 3 is 2.80 bits per heavy atom. The van der Waals surface area contributed by atoms with E-state index in [2.05, 4.69) is 15.3 Å². The van der Waals surface area contributed by atoms with E-state index in [1.165, 1.54) is 12.4 Å². The van der Waals surface area contributed by atoms with Crippen molar-refractivity contribution in [2.45, 2.75) is 12.8 Å².